The highest BCUT2D eigenvalue weighted by Crippen LogP contribution is 2.28. The molecule has 1 N–H and O–H groups in total. The predicted molar refractivity (Wildman–Crippen MR) is 46.9 cm³/mol. The predicted octanol–water partition coefficient (Wildman–Crippen LogP) is 1.74. The summed E-state index contributed by atoms with van der Waals surface area (Å²) in [6.07, 6.45) is 4.32. The van der Waals surface area contributed by atoms with Crippen LogP contribution in [0, 0.1) is 17.8 Å². The van der Waals surface area contributed by atoms with Crippen LogP contribution >= 0.6 is 0 Å². The fraction of sp³-hybridized carbons (Fsp3) is 0.500. The van der Waals surface area contributed by atoms with Crippen LogP contribution in [0.3, 0.4) is 0 Å². The number of aliphatic hydroxyl groups excluding tert-OH is 1. The molecule has 0 saturated heterocycles. The van der Waals surface area contributed by atoms with Gasteiger partial charge in [-0.25, -0.2) is 0 Å². The van der Waals surface area contributed by atoms with E-state index in [2.05, 4.69) is 18.2 Å². The summed E-state index contributed by atoms with van der Waals surface area (Å²) in [6.45, 7) is 9.09. The van der Waals surface area contributed by atoms with Crippen molar-refractivity contribution in [1.29, 1.82) is 0 Å². The molecule has 0 saturated carbocycles. The fourth-order valence-corrected chi connectivity index (χ4v) is 0.641. The molecule has 0 aliphatic carbocycles. The summed E-state index contributed by atoms with van der Waals surface area (Å²) in [5.41, 5.74) is 3.19. The standard InChI is InChI=1S/C10H14O/c1-6-8(3)10(4,5)9(11)7-2/h2,9,11H,1H2,3-5H3. The summed E-state index contributed by atoms with van der Waals surface area (Å²) >= 11 is 0. The van der Waals surface area contributed by atoms with Crippen molar-refractivity contribution in [3.63, 3.8) is 0 Å². The topological polar surface area (TPSA) is 20.2 Å². The van der Waals surface area contributed by atoms with E-state index < -0.39 is 11.5 Å². The van der Waals surface area contributed by atoms with Gasteiger partial charge in [-0.3, -0.25) is 0 Å². The zero-order valence-electron chi connectivity index (χ0n) is 7.31. The third-order valence-electron chi connectivity index (χ3n) is 2.07. The number of terminal acetylenes is 1. The van der Waals surface area contributed by atoms with E-state index in [-0.39, 0.29) is 0 Å². The van der Waals surface area contributed by atoms with Crippen molar-refractivity contribution in [3.8, 4) is 12.3 Å². The molecule has 1 heteroatoms. The molecule has 0 spiro atoms. The van der Waals surface area contributed by atoms with Gasteiger partial charge in [0, 0.05) is 5.41 Å². The van der Waals surface area contributed by atoms with Gasteiger partial charge in [0.05, 0.1) is 0 Å². The van der Waals surface area contributed by atoms with Crippen LogP contribution in [0.25, 0.3) is 0 Å². The molecule has 60 valence electrons. The maximum absolute atomic E-state index is 9.36. The van der Waals surface area contributed by atoms with Gasteiger partial charge < -0.3 is 5.11 Å². The van der Waals surface area contributed by atoms with Gasteiger partial charge in [0.25, 0.3) is 0 Å². The summed E-state index contributed by atoms with van der Waals surface area (Å²) in [5, 5.41) is 9.36. The summed E-state index contributed by atoms with van der Waals surface area (Å²) in [7, 11) is 0. The molecule has 0 radical (unpaired) electrons. The Morgan fingerprint density at radius 3 is 2.36 bits per heavy atom. The van der Waals surface area contributed by atoms with E-state index in [4.69, 9.17) is 6.42 Å². The third kappa shape index (κ3) is 1.98. The second-order valence-electron chi connectivity index (χ2n) is 3.09. The SMILES string of the molecule is C#CC(O)C(C)(C)C(C)=C=C. The molecule has 0 aromatic rings. The van der Waals surface area contributed by atoms with Crippen LogP contribution < -0.4 is 0 Å². The first-order chi connectivity index (χ1) is 4.96. The molecular weight excluding hydrogens is 136 g/mol. The fourth-order valence-electron chi connectivity index (χ4n) is 0.641. The first-order valence-electron chi connectivity index (χ1n) is 3.48. The lowest BCUT2D eigenvalue weighted by Crippen LogP contribution is -2.28. The maximum Gasteiger partial charge on any atom is 0.123 e. The Hall–Kier alpha value is -0.960. The van der Waals surface area contributed by atoms with Crippen LogP contribution in [-0.4, -0.2) is 11.2 Å². The van der Waals surface area contributed by atoms with E-state index in [9.17, 15) is 5.11 Å². The maximum atomic E-state index is 9.36. The summed E-state index contributed by atoms with van der Waals surface area (Å²) < 4.78 is 0. The van der Waals surface area contributed by atoms with Crippen LogP contribution in [0.2, 0.25) is 0 Å². The van der Waals surface area contributed by atoms with Gasteiger partial charge in [-0.05, 0) is 12.5 Å². The minimum absolute atomic E-state index is 0.420. The average molecular weight is 150 g/mol. The van der Waals surface area contributed by atoms with E-state index >= 15 is 0 Å². The molecule has 11 heavy (non-hydrogen) atoms. The Balaban J connectivity index is 4.76. The van der Waals surface area contributed by atoms with Crippen molar-refractivity contribution in [3.05, 3.63) is 17.9 Å². The molecule has 0 aromatic heterocycles. The van der Waals surface area contributed by atoms with Crippen LogP contribution in [0.1, 0.15) is 20.8 Å². The van der Waals surface area contributed by atoms with E-state index in [0.717, 1.165) is 5.57 Å². The first kappa shape index (κ1) is 10.0. The highest BCUT2D eigenvalue weighted by molar-refractivity contribution is 5.16. The van der Waals surface area contributed by atoms with Gasteiger partial charge in [-0.15, -0.1) is 12.2 Å². The molecular formula is C10H14O. The molecule has 1 atom stereocenters. The van der Waals surface area contributed by atoms with Crippen molar-refractivity contribution in [2.45, 2.75) is 26.9 Å². The lowest BCUT2D eigenvalue weighted by molar-refractivity contribution is 0.127. The minimum Gasteiger partial charge on any atom is -0.379 e. The molecule has 0 aliphatic rings. The second-order valence-corrected chi connectivity index (χ2v) is 3.09. The van der Waals surface area contributed by atoms with Gasteiger partial charge in [-0.2, -0.15) is 0 Å². The molecule has 1 unspecified atom stereocenters. The largest absolute Gasteiger partial charge is 0.379 e. The molecule has 0 fully saturated rings. The Morgan fingerprint density at radius 2 is 2.09 bits per heavy atom. The monoisotopic (exact) mass is 150 g/mol. The molecule has 0 aliphatic heterocycles. The molecule has 0 bridgehead atoms. The summed E-state index contributed by atoms with van der Waals surface area (Å²) in [4.78, 5) is 0. The van der Waals surface area contributed by atoms with Crippen LogP contribution in [0.4, 0.5) is 0 Å². The third-order valence-corrected chi connectivity index (χ3v) is 2.07. The van der Waals surface area contributed by atoms with Gasteiger partial charge in [0.15, 0.2) is 0 Å². The Morgan fingerprint density at radius 1 is 1.64 bits per heavy atom. The summed E-state index contributed by atoms with van der Waals surface area (Å²) in [5.74, 6) is 2.29. The van der Waals surface area contributed by atoms with Crippen LogP contribution in [0.5, 0.6) is 0 Å². The summed E-state index contributed by atoms with van der Waals surface area (Å²) in [6, 6.07) is 0. The van der Waals surface area contributed by atoms with E-state index in [1.165, 1.54) is 0 Å². The van der Waals surface area contributed by atoms with E-state index in [0.29, 0.717) is 0 Å². The van der Waals surface area contributed by atoms with Gasteiger partial charge in [0.2, 0.25) is 0 Å². The molecule has 1 nitrogen and oxygen atoms in total. The van der Waals surface area contributed by atoms with Crippen LogP contribution in [-0.2, 0) is 0 Å². The van der Waals surface area contributed by atoms with Crippen molar-refractivity contribution in [2.24, 2.45) is 5.41 Å². The molecule has 0 heterocycles. The molecule has 0 rings (SSSR count). The highest BCUT2D eigenvalue weighted by atomic mass is 16.3. The second kappa shape index (κ2) is 3.44. The lowest BCUT2D eigenvalue weighted by atomic mass is 9.80. The number of hydrogen-bond acceptors (Lipinski definition) is 1. The quantitative estimate of drug-likeness (QED) is 0.469. The van der Waals surface area contributed by atoms with Gasteiger partial charge in [-0.1, -0.05) is 26.3 Å². The van der Waals surface area contributed by atoms with Crippen molar-refractivity contribution < 1.29 is 5.11 Å². The average Bonchev–Trinajstić information content (AvgIpc) is 2.01. The number of aliphatic hydroxyl groups is 1. The van der Waals surface area contributed by atoms with Crippen LogP contribution in [0.15, 0.2) is 17.9 Å². The first-order valence-corrected chi connectivity index (χ1v) is 3.48. The van der Waals surface area contributed by atoms with Crippen molar-refractivity contribution in [2.75, 3.05) is 0 Å². The van der Waals surface area contributed by atoms with Gasteiger partial charge >= 0.3 is 0 Å². The Bertz CT molecular complexity index is 224. The number of hydrogen-bond donors (Lipinski definition) is 1. The Labute approximate surface area is 68.4 Å². The molecule has 0 amide bonds. The van der Waals surface area contributed by atoms with E-state index in [1.54, 1.807) is 0 Å². The zero-order chi connectivity index (χ0) is 9.07. The smallest absolute Gasteiger partial charge is 0.123 e. The lowest BCUT2D eigenvalue weighted by Gasteiger charge is -2.26. The van der Waals surface area contributed by atoms with Crippen molar-refractivity contribution in [1.82, 2.24) is 0 Å². The molecule has 0 aromatic carbocycles. The van der Waals surface area contributed by atoms with Crippen molar-refractivity contribution >= 4 is 0 Å². The minimum atomic E-state index is -0.767. The number of rotatable bonds is 2. The van der Waals surface area contributed by atoms with Gasteiger partial charge in [0.1, 0.15) is 6.10 Å². The van der Waals surface area contributed by atoms with E-state index in [1.807, 2.05) is 20.8 Å². The highest BCUT2D eigenvalue weighted by Gasteiger charge is 2.27. The Kier molecular flexibility index (Phi) is 3.14. The zero-order valence-corrected chi connectivity index (χ0v) is 7.31. The normalized spacial score (nSPS) is 13.0.